The number of nitrogens with one attached hydrogen (secondary N) is 1. The van der Waals surface area contributed by atoms with Gasteiger partial charge in [-0.15, -0.1) is 0 Å². The lowest BCUT2D eigenvalue weighted by atomic mass is 9.95. The molecule has 0 saturated carbocycles. The monoisotopic (exact) mass is 371 g/mol. The molecule has 2 fully saturated rings. The van der Waals surface area contributed by atoms with Crippen molar-refractivity contribution in [1.29, 1.82) is 0 Å². The SMILES string of the molecule is CCCCNC(=O)C1CCN(Cc2ccc(C(=O)N3CCCC3)cc2)CC1. The van der Waals surface area contributed by atoms with Crippen molar-refractivity contribution in [3.8, 4) is 0 Å². The van der Waals surface area contributed by atoms with E-state index in [-0.39, 0.29) is 17.7 Å². The van der Waals surface area contributed by atoms with Gasteiger partial charge in [0.25, 0.3) is 5.91 Å². The molecule has 148 valence electrons. The summed E-state index contributed by atoms with van der Waals surface area (Å²) in [5, 5.41) is 3.06. The Morgan fingerprint density at radius 2 is 1.70 bits per heavy atom. The molecule has 3 rings (SSSR count). The Morgan fingerprint density at radius 3 is 2.33 bits per heavy atom. The van der Waals surface area contributed by atoms with Crippen LogP contribution in [-0.2, 0) is 11.3 Å². The molecule has 2 amide bonds. The first-order valence-electron chi connectivity index (χ1n) is 10.6. The van der Waals surface area contributed by atoms with E-state index in [2.05, 4.69) is 29.3 Å². The molecule has 5 nitrogen and oxygen atoms in total. The topological polar surface area (TPSA) is 52.7 Å². The zero-order valence-corrected chi connectivity index (χ0v) is 16.6. The summed E-state index contributed by atoms with van der Waals surface area (Å²) in [7, 11) is 0. The number of likely N-dealkylation sites (tertiary alicyclic amines) is 2. The van der Waals surface area contributed by atoms with Gasteiger partial charge in [0.1, 0.15) is 0 Å². The van der Waals surface area contributed by atoms with Gasteiger partial charge in [0.15, 0.2) is 0 Å². The second-order valence-corrected chi connectivity index (χ2v) is 7.89. The Hall–Kier alpha value is -1.88. The summed E-state index contributed by atoms with van der Waals surface area (Å²) in [6.45, 7) is 7.53. The van der Waals surface area contributed by atoms with Gasteiger partial charge >= 0.3 is 0 Å². The molecule has 1 N–H and O–H groups in total. The molecule has 2 heterocycles. The third-order valence-corrected chi connectivity index (χ3v) is 5.79. The van der Waals surface area contributed by atoms with Crippen LogP contribution in [0, 0.1) is 5.92 Å². The molecule has 2 saturated heterocycles. The van der Waals surface area contributed by atoms with Crippen LogP contribution < -0.4 is 5.32 Å². The van der Waals surface area contributed by atoms with Gasteiger partial charge in [-0.05, 0) is 62.9 Å². The maximum Gasteiger partial charge on any atom is 0.253 e. The van der Waals surface area contributed by atoms with Gasteiger partial charge in [-0.25, -0.2) is 0 Å². The third-order valence-electron chi connectivity index (χ3n) is 5.79. The first kappa shape index (κ1) is 19.9. The van der Waals surface area contributed by atoms with E-state index in [4.69, 9.17) is 0 Å². The van der Waals surface area contributed by atoms with E-state index in [1.165, 1.54) is 5.56 Å². The van der Waals surface area contributed by atoms with Crippen molar-refractivity contribution >= 4 is 11.8 Å². The lowest BCUT2D eigenvalue weighted by Gasteiger charge is -2.31. The molecule has 0 spiro atoms. The minimum atomic E-state index is 0.161. The van der Waals surface area contributed by atoms with E-state index < -0.39 is 0 Å². The molecule has 0 atom stereocenters. The molecule has 0 aliphatic carbocycles. The van der Waals surface area contributed by atoms with Crippen LogP contribution in [0.3, 0.4) is 0 Å². The average Bonchev–Trinajstić information content (AvgIpc) is 3.23. The minimum Gasteiger partial charge on any atom is -0.356 e. The molecule has 2 aliphatic rings. The number of hydrogen-bond acceptors (Lipinski definition) is 3. The maximum absolute atomic E-state index is 12.4. The number of nitrogens with zero attached hydrogens (tertiary/aromatic N) is 2. The Kier molecular flexibility index (Phi) is 7.27. The van der Waals surface area contributed by atoms with E-state index in [9.17, 15) is 9.59 Å². The van der Waals surface area contributed by atoms with Gasteiger partial charge in [0.2, 0.25) is 5.91 Å². The van der Waals surface area contributed by atoms with Crippen LogP contribution in [-0.4, -0.2) is 54.3 Å². The average molecular weight is 372 g/mol. The number of hydrogen-bond donors (Lipinski definition) is 1. The van der Waals surface area contributed by atoms with Crippen molar-refractivity contribution in [3.05, 3.63) is 35.4 Å². The van der Waals surface area contributed by atoms with Gasteiger partial charge in [-0.2, -0.15) is 0 Å². The number of amides is 2. The van der Waals surface area contributed by atoms with E-state index >= 15 is 0 Å². The number of unbranched alkanes of at least 4 members (excludes halogenated alkanes) is 1. The molecule has 0 unspecified atom stereocenters. The van der Waals surface area contributed by atoms with Crippen LogP contribution in [0.5, 0.6) is 0 Å². The zero-order chi connectivity index (χ0) is 19.1. The van der Waals surface area contributed by atoms with E-state index in [0.29, 0.717) is 0 Å². The highest BCUT2D eigenvalue weighted by molar-refractivity contribution is 5.94. The number of carbonyl (C=O) groups is 2. The Labute approximate surface area is 163 Å². The predicted molar refractivity (Wildman–Crippen MR) is 107 cm³/mol. The van der Waals surface area contributed by atoms with Crippen LogP contribution in [0.4, 0.5) is 0 Å². The highest BCUT2D eigenvalue weighted by atomic mass is 16.2. The molecule has 1 aromatic rings. The fourth-order valence-electron chi connectivity index (χ4n) is 4.00. The van der Waals surface area contributed by atoms with Gasteiger partial charge in [-0.1, -0.05) is 25.5 Å². The number of carbonyl (C=O) groups excluding carboxylic acids is 2. The molecule has 0 radical (unpaired) electrons. The summed E-state index contributed by atoms with van der Waals surface area (Å²) in [4.78, 5) is 29.0. The van der Waals surface area contributed by atoms with Crippen LogP contribution in [0.1, 0.15) is 61.4 Å². The molecule has 1 aromatic carbocycles. The van der Waals surface area contributed by atoms with E-state index in [1.54, 1.807) is 0 Å². The second-order valence-electron chi connectivity index (χ2n) is 7.89. The highest BCUT2D eigenvalue weighted by Crippen LogP contribution is 2.20. The van der Waals surface area contributed by atoms with Gasteiger partial charge < -0.3 is 10.2 Å². The summed E-state index contributed by atoms with van der Waals surface area (Å²) >= 11 is 0. The standard InChI is InChI=1S/C22H33N3O2/c1-2-3-12-23-21(26)19-10-15-24(16-11-19)17-18-6-8-20(9-7-18)22(27)25-13-4-5-14-25/h6-9,19H,2-5,10-17H2,1H3,(H,23,26). The van der Waals surface area contributed by atoms with E-state index in [1.807, 2.05) is 17.0 Å². The lowest BCUT2D eigenvalue weighted by Crippen LogP contribution is -2.40. The van der Waals surface area contributed by atoms with Crippen molar-refractivity contribution in [2.75, 3.05) is 32.7 Å². The van der Waals surface area contributed by atoms with Crippen molar-refractivity contribution in [2.45, 2.75) is 52.0 Å². The van der Waals surface area contributed by atoms with Gasteiger partial charge in [0, 0.05) is 37.7 Å². The van der Waals surface area contributed by atoms with Crippen LogP contribution in [0.2, 0.25) is 0 Å². The van der Waals surface area contributed by atoms with Crippen LogP contribution in [0.25, 0.3) is 0 Å². The summed E-state index contributed by atoms with van der Waals surface area (Å²) < 4.78 is 0. The fourth-order valence-corrected chi connectivity index (χ4v) is 4.00. The first-order valence-corrected chi connectivity index (χ1v) is 10.6. The lowest BCUT2D eigenvalue weighted by molar-refractivity contribution is -0.126. The number of piperidine rings is 1. The number of benzene rings is 1. The van der Waals surface area contributed by atoms with Gasteiger partial charge in [0.05, 0.1) is 0 Å². The normalized spacial score (nSPS) is 18.6. The van der Waals surface area contributed by atoms with Crippen molar-refractivity contribution in [1.82, 2.24) is 15.1 Å². The Bertz CT molecular complexity index is 615. The number of rotatable bonds is 7. The summed E-state index contributed by atoms with van der Waals surface area (Å²) in [6, 6.07) is 8.08. The van der Waals surface area contributed by atoms with Gasteiger partial charge in [-0.3, -0.25) is 14.5 Å². The predicted octanol–water partition coefficient (Wildman–Crippen LogP) is 3.05. The quantitative estimate of drug-likeness (QED) is 0.750. The van der Waals surface area contributed by atoms with E-state index in [0.717, 1.165) is 83.4 Å². The molecule has 0 aromatic heterocycles. The molecule has 0 bridgehead atoms. The third kappa shape index (κ3) is 5.55. The molecule has 2 aliphatic heterocycles. The smallest absolute Gasteiger partial charge is 0.253 e. The minimum absolute atomic E-state index is 0.161. The molecule has 27 heavy (non-hydrogen) atoms. The molecular weight excluding hydrogens is 338 g/mol. The molecular formula is C22H33N3O2. The summed E-state index contributed by atoms with van der Waals surface area (Å²) in [6.07, 6.45) is 6.28. The fraction of sp³-hybridized carbons (Fsp3) is 0.636. The van der Waals surface area contributed by atoms with Crippen LogP contribution in [0.15, 0.2) is 24.3 Å². The maximum atomic E-state index is 12.4. The largest absolute Gasteiger partial charge is 0.356 e. The zero-order valence-electron chi connectivity index (χ0n) is 16.6. The first-order chi connectivity index (χ1) is 13.2. The van der Waals surface area contributed by atoms with Crippen LogP contribution >= 0.6 is 0 Å². The summed E-state index contributed by atoms with van der Waals surface area (Å²) in [5.74, 6) is 0.556. The molecule has 5 heteroatoms. The second kappa shape index (κ2) is 9.88. The van der Waals surface area contributed by atoms with Crippen molar-refractivity contribution in [2.24, 2.45) is 5.92 Å². The highest BCUT2D eigenvalue weighted by Gasteiger charge is 2.25. The van der Waals surface area contributed by atoms with Crippen molar-refractivity contribution in [3.63, 3.8) is 0 Å². The summed E-state index contributed by atoms with van der Waals surface area (Å²) in [5.41, 5.74) is 2.03. The Morgan fingerprint density at radius 1 is 1.04 bits per heavy atom. The van der Waals surface area contributed by atoms with Crippen molar-refractivity contribution < 1.29 is 9.59 Å². The Balaban J connectivity index is 1.43.